The zero-order chi connectivity index (χ0) is 13.8. The van der Waals surface area contributed by atoms with E-state index in [1.165, 1.54) is 12.1 Å². The Bertz CT molecular complexity index is 435. The number of phenolic OH excluding ortho intramolecular Hbond substituents is 1. The van der Waals surface area contributed by atoms with E-state index in [9.17, 15) is 23.1 Å². The average Bonchev–Trinajstić information content (AvgIpc) is 2.26. The number of aromatic hydroxyl groups is 1. The highest BCUT2D eigenvalue weighted by Crippen LogP contribution is 2.21. The topological polar surface area (TPSA) is 49.3 Å². The van der Waals surface area contributed by atoms with Gasteiger partial charge in [-0.05, 0) is 47.2 Å². The molecule has 0 fully saturated rings. The number of amides is 1. The van der Waals surface area contributed by atoms with Crippen molar-refractivity contribution in [3.8, 4) is 5.75 Å². The molecule has 0 saturated carbocycles. The fraction of sp³-hybridized carbons (Fsp3) is 0.364. The first-order valence-corrected chi connectivity index (χ1v) is 6.21. The molecule has 1 aromatic carbocycles. The lowest BCUT2D eigenvalue weighted by molar-refractivity contribution is -0.135. The van der Waals surface area contributed by atoms with Gasteiger partial charge < -0.3 is 10.4 Å². The lowest BCUT2D eigenvalue weighted by Crippen LogP contribution is -2.25. The van der Waals surface area contributed by atoms with Crippen molar-refractivity contribution in [3.05, 3.63) is 27.3 Å². The molecular formula is C11H11F3INO2. The van der Waals surface area contributed by atoms with Crippen molar-refractivity contribution < 1.29 is 23.1 Å². The van der Waals surface area contributed by atoms with Crippen LogP contribution in [0.5, 0.6) is 5.75 Å². The molecule has 0 saturated heterocycles. The van der Waals surface area contributed by atoms with Crippen LogP contribution in [0, 0.1) is 3.57 Å². The van der Waals surface area contributed by atoms with Gasteiger partial charge in [-0.2, -0.15) is 13.2 Å². The Labute approximate surface area is 116 Å². The smallest absolute Gasteiger partial charge is 0.389 e. The maximum Gasteiger partial charge on any atom is 0.389 e. The van der Waals surface area contributed by atoms with E-state index in [2.05, 4.69) is 5.32 Å². The van der Waals surface area contributed by atoms with E-state index >= 15 is 0 Å². The number of halogens is 4. The van der Waals surface area contributed by atoms with Gasteiger partial charge in [0.25, 0.3) is 5.91 Å². The zero-order valence-electron chi connectivity index (χ0n) is 9.22. The van der Waals surface area contributed by atoms with Gasteiger partial charge in [-0.1, -0.05) is 0 Å². The Morgan fingerprint density at radius 2 is 2.06 bits per heavy atom. The van der Waals surface area contributed by atoms with Gasteiger partial charge in [0, 0.05) is 16.5 Å². The molecule has 0 heterocycles. The van der Waals surface area contributed by atoms with E-state index in [0.29, 0.717) is 0 Å². The molecule has 0 aliphatic carbocycles. The van der Waals surface area contributed by atoms with Crippen molar-refractivity contribution in [2.24, 2.45) is 0 Å². The Balaban J connectivity index is 2.48. The summed E-state index contributed by atoms with van der Waals surface area (Å²) in [5.41, 5.74) is 0.0638. The Hall–Kier alpha value is -0.990. The van der Waals surface area contributed by atoms with Crippen molar-refractivity contribution in [2.45, 2.75) is 19.0 Å². The maximum atomic E-state index is 11.9. The van der Waals surface area contributed by atoms with Crippen LogP contribution in [0.15, 0.2) is 18.2 Å². The average molecular weight is 373 g/mol. The molecule has 3 nitrogen and oxygen atoms in total. The number of hydrogen-bond acceptors (Lipinski definition) is 2. The highest BCUT2D eigenvalue weighted by molar-refractivity contribution is 14.1. The van der Waals surface area contributed by atoms with Crippen LogP contribution < -0.4 is 5.32 Å². The quantitative estimate of drug-likeness (QED) is 0.630. The minimum absolute atomic E-state index is 0.0638. The number of carbonyl (C=O) groups excluding carboxylic acids is 1. The van der Waals surface area contributed by atoms with Gasteiger partial charge in [0.2, 0.25) is 0 Å². The van der Waals surface area contributed by atoms with Crippen LogP contribution >= 0.6 is 22.6 Å². The first-order valence-electron chi connectivity index (χ1n) is 5.13. The third kappa shape index (κ3) is 5.11. The molecule has 0 bridgehead atoms. The number of carbonyl (C=O) groups is 1. The second-order valence-electron chi connectivity index (χ2n) is 3.64. The van der Waals surface area contributed by atoms with Gasteiger partial charge in [-0.3, -0.25) is 4.79 Å². The number of benzene rings is 1. The number of nitrogens with one attached hydrogen (secondary N) is 1. The van der Waals surface area contributed by atoms with Crippen molar-refractivity contribution in [1.29, 1.82) is 0 Å². The third-order valence-corrected chi connectivity index (χ3v) is 2.80. The molecule has 7 heteroatoms. The van der Waals surface area contributed by atoms with E-state index in [1.54, 1.807) is 6.07 Å². The van der Waals surface area contributed by atoms with E-state index in [0.717, 1.165) is 3.57 Å². The molecule has 18 heavy (non-hydrogen) atoms. The van der Waals surface area contributed by atoms with E-state index in [4.69, 9.17) is 0 Å². The van der Waals surface area contributed by atoms with Gasteiger partial charge in [-0.15, -0.1) is 0 Å². The summed E-state index contributed by atoms with van der Waals surface area (Å²) in [4.78, 5) is 11.6. The maximum absolute atomic E-state index is 11.9. The minimum atomic E-state index is -4.21. The first kappa shape index (κ1) is 15.1. The number of hydrogen-bond donors (Lipinski definition) is 2. The second kappa shape index (κ2) is 6.26. The third-order valence-electron chi connectivity index (χ3n) is 2.13. The van der Waals surface area contributed by atoms with E-state index in [-0.39, 0.29) is 24.3 Å². The van der Waals surface area contributed by atoms with E-state index < -0.39 is 18.5 Å². The van der Waals surface area contributed by atoms with Gasteiger partial charge >= 0.3 is 6.18 Å². The molecule has 0 radical (unpaired) electrons. The molecule has 100 valence electrons. The van der Waals surface area contributed by atoms with Gasteiger partial charge in [0.05, 0.1) is 5.56 Å². The second-order valence-corrected chi connectivity index (χ2v) is 4.88. The molecule has 0 atom stereocenters. The lowest BCUT2D eigenvalue weighted by atomic mass is 10.2. The molecule has 1 rings (SSSR count). The van der Waals surface area contributed by atoms with Gasteiger partial charge in [0.1, 0.15) is 5.75 Å². The molecular weight excluding hydrogens is 362 g/mol. The van der Waals surface area contributed by atoms with Gasteiger partial charge in [-0.25, -0.2) is 0 Å². The molecule has 0 spiro atoms. The molecule has 0 aliphatic heterocycles. The normalized spacial score (nSPS) is 11.3. The van der Waals surface area contributed by atoms with Crippen LogP contribution in [-0.4, -0.2) is 23.7 Å². The molecule has 0 unspecified atom stereocenters. The van der Waals surface area contributed by atoms with Crippen LogP contribution in [0.4, 0.5) is 13.2 Å². The van der Waals surface area contributed by atoms with Gasteiger partial charge in [0.15, 0.2) is 0 Å². The van der Waals surface area contributed by atoms with Crippen LogP contribution in [-0.2, 0) is 0 Å². The number of alkyl halides is 3. The standard InChI is InChI=1S/C11H11F3INO2/c12-11(13,14)4-1-5-16-10(18)8-6-7(15)2-3-9(8)17/h2-3,6,17H,1,4-5H2,(H,16,18). The van der Waals surface area contributed by atoms with Crippen molar-refractivity contribution in [1.82, 2.24) is 5.32 Å². The highest BCUT2D eigenvalue weighted by Gasteiger charge is 2.26. The predicted molar refractivity (Wildman–Crippen MR) is 68.4 cm³/mol. The molecule has 1 amide bonds. The monoisotopic (exact) mass is 373 g/mol. The first-order chi connectivity index (χ1) is 8.29. The Morgan fingerprint density at radius 3 is 2.67 bits per heavy atom. The number of rotatable bonds is 4. The van der Waals surface area contributed by atoms with Crippen molar-refractivity contribution in [3.63, 3.8) is 0 Å². The summed E-state index contributed by atoms with van der Waals surface area (Å²) < 4.78 is 36.4. The molecule has 2 N–H and O–H groups in total. The summed E-state index contributed by atoms with van der Waals surface area (Å²) >= 11 is 1.97. The highest BCUT2D eigenvalue weighted by atomic mass is 127. The largest absolute Gasteiger partial charge is 0.507 e. The summed E-state index contributed by atoms with van der Waals surface area (Å²) in [6, 6.07) is 4.46. The summed E-state index contributed by atoms with van der Waals surface area (Å²) in [6.07, 6.45) is -5.33. The van der Waals surface area contributed by atoms with E-state index in [1.807, 2.05) is 22.6 Å². The summed E-state index contributed by atoms with van der Waals surface area (Å²) in [6.45, 7) is -0.0801. The fourth-order valence-electron chi connectivity index (χ4n) is 1.28. The molecule has 0 aromatic heterocycles. The van der Waals surface area contributed by atoms with Crippen LogP contribution in [0.1, 0.15) is 23.2 Å². The lowest BCUT2D eigenvalue weighted by Gasteiger charge is -2.08. The fourth-order valence-corrected chi connectivity index (χ4v) is 1.77. The SMILES string of the molecule is O=C(NCCCC(F)(F)F)c1cc(I)ccc1O. The Kier molecular flexibility index (Phi) is 5.24. The summed E-state index contributed by atoms with van der Waals surface area (Å²) in [7, 11) is 0. The van der Waals surface area contributed by atoms with Crippen molar-refractivity contribution >= 4 is 28.5 Å². The van der Waals surface area contributed by atoms with Crippen LogP contribution in [0.3, 0.4) is 0 Å². The summed E-state index contributed by atoms with van der Waals surface area (Å²) in [5.74, 6) is -0.767. The molecule has 1 aromatic rings. The number of phenols is 1. The minimum Gasteiger partial charge on any atom is -0.507 e. The van der Waals surface area contributed by atoms with Crippen molar-refractivity contribution in [2.75, 3.05) is 6.54 Å². The molecule has 0 aliphatic rings. The predicted octanol–water partition coefficient (Wildman–Crippen LogP) is 3.07. The Morgan fingerprint density at radius 1 is 1.39 bits per heavy atom. The van der Waals surface area contributed by atoms with Crippen LogP contribution in [0.25, 0.3) is 0 Å². The van der Waals surface area contributed by atoms with Crippen LogP contribution in [0.2, 0.25) is 0 Å². The summed E-state index contributed by atoms with van der Waals surface area (Å²) in [5, 5.41) is 11.8. The zero-order valence-corrected chi connectivity index (χ0v) is 11.4.